The monoisotopic (exact) mass is 507 g/mol. The second-order valence-electron chi connectivity index (χ2n) is 8.20. The van der Waals surface area contributed by atoms with E-state index in [0.717, 1.165) is 44.0 Å². The van der Waals surface area contributed by atoms with E-state index in [1.54, 1.807) is 40.9 Å². The number of morpholine rings is 1. The molecule has 2 fully saturated rings. The van der Waals surface area contributed by atoms with Crippen LogP contribution >= 0.6 is 35.0 Å². The molecule has 2 unspecified atom stereocenters. The molecule has 2 atom stereocenters. The standard InChI is InChI=1S/C24H27Cl2N3O3S/c1-16-2-4-17(5-3-16)23(31)29-21(22(30)27-8-9-28-10-12-32-13-11-28)15-33-24(29)18-6-7-19(25)20(26)14-18/h2-7,14,21,24H,8-13,15H2,1H3,(H,27,30). The Labute approximate surface area is 208 Å². The number of halogens is 2. The van der Waals surface area contributed by atoms with E-state index < -0.39 is 6.04 Å². The van der Waals surface area contributed by atoms with Gasteiger partial charge in [-0.1, -0.05) is 47.0 Å². The molecule has 0 saturated carbocycles. The summed E-state index contributed by atoms with van der Waals surface area (Å²) in [5.74, 6) is 0.189. The Hall–Kier alpha value is -1.77. The molecule has 0 aromatic heterocycles. The van der Waals surface area contributed by atoms with Crippen LogP contribution in [0.15, 0.2) is 42.5 Å². The van der Waals surface area contributed by atoms with Crippen molar-refractivity contribution >= 4 is 46.8 Å². The summed E-state index contributed by atoms with van der Waals surface area (Å²) in [6.45, 7) is 6.44. The van der Waals surface area contributed by atoms with Crippen LogP contribution in [0.5, 0.6) is 0 Å². The fraction of sp³-hybridized carbons (Fsp3) is 0.417. The molecule has 1 N–H and O–H groups in total. The number of nitrogens with zero attached hydrogens (tertiary/aromatic N) is 2. The largest absolute Gasteiger partial charge is 0.379 e. The molecule has 0 aliphatic carbocycles. The number of hydrogen-bond acceptors (Lipinski definition) is 5. The summed E-state index contributed by atoms with van der Waals surface area (Å²) in [5.41, 5.74) is 2.47. The van der Waals surface area contributed by atoms with Crippen LogP contribution in [0.3, 0.4) is 0 Å². The average Bonchev–Trinajstić information content (AvgIpc) is 3.27. The smallest absolute Gasteiger partial charge is 0.255 e. The summed E-state index contributed by atoms with van der Waals surface area (Å²) in [4.78, 5) is 30.7. The first-order valence-corrected chi connectivity index (χ1v) is 12.8. The molecular formula is C24H27Cl2N3O3S. The van der Waals surface area contributed by atoms with E-state index in [4.69, 9.17) is 27.9 Å². The zero-order valence-corrected chi connectivity index (χ0v) is 20.8. The third-order valence-corrected chi connectivity index (χ3v) is 7.96. The van der Waals surface area contributed by atoms with Crippen molar-refractivity contribution in [3.8, 4) is 0 Å². The van der Waals surface area contributed by atoms with Crippen molar-refractivity contribution in [2.24, 2.45) is 0 Å². The van der Waals surface area contributed by atoms with Gasteiger partial charge in [-0.05, 0) is 36.8 Å². The Balaban J connectivity index is 1.52. The highest BCUT2D eigenvalue weighted by Gasteiger charge is 2.42. The van der Waals surface area contributed by atoms with Crippen LogP contribution in [0.4, 0.5) is 0 Å². The highest BCUT2D eigenvalue weighted by molar-refractivity contribution is 7.99. The van der Waals surface area contributed by atoms with E-state index in [0.29, 0.717) is 27.9 Å². The number of hydrogen-bond donors (Lipinski definition) is 1. The Morgan fingerprint density at radius 3 is 2.52 bits per heavy atom. The number of thioether (sulfide) groups is 1. The molecular weight excluding hydrogens is 481 g/mol. The molecule has 6 nitrogen and oxygen atoms in total. The maximum absolute atomic E-state index is 13.6. The van der Waals surface area contributed by atoms with E-state index in [9.17, 15) is 9.59 Å². The maximum Gasteiger partial charge on any atom is 0.255 e. The highest BCUT2D eigenvalue weighted by atomic mass is 35.5. The first-order chi connectivity index (χ1) is 15.9. The van der Waals surface area contributed by atoms with E-state index in [2.05, 4.69) is 10.2 Å². The van der Waals surface area contributed by atoms with Gasteiger partial charge in [-0.2, -0.15) is 0 Å². The lowest BCUT2D eigenvalue weighted by Crippen LogP contribution is -2.49. The molecule has 2 aliphatic rings. The van der Waals surface area contributed by atoms with Crippen molar-refractivity contribution in [2.45, 2.75) is 18.3 Å². The molecule has 2 heterocycles. The normalized spacial score (nSPS) is 21.2. The van der Waals surface area contributed by atoms with Gasteiger partial charge in [0.15, 0.2) is 0 Å². The quantitative estimate of drug-likeness (QED) is 0.639. The first-order valence-electron chi connectivity index (χ1n) is 11.0. The van der Waals surface area contributed by atoms with E-state index in [-0.39, 0.29) is 17.2 Å². The number of nitrogens with one attached hydrogen (secondary N) is 1. The van der Waals surface area contributed by atoms with Crippen molar-refractivity contribution in [3.05, 3.63) is 69.2 Å². The fourth-order valence-corrected chi connectivity index (χ4v) is 5.73. The van der Waals surface area contributed by atoms with Gasteiger partial charge >= 0.3 is 0 Å². The molecule has 0 spiro atoms. The van der Waals surface area contributed by atoms with Gasteiger partial charge in [0, 0.05) is 37.5 Å². The van der Waals surface area contributed by atoms with Crippen LogP contribution in [-0.2, 0) is 9.53 Å². The van der Waals surface area contributed by atoms with E-state index >= 15 is 0 Å². The minimum Gasteiger partial charge on any atom is -0.379 e. The van der Waals surface area contributed by atoms with Gasteiger partial charge in [-0.3, -0.25) is 14.5 Å². The summed E-state index contributed by atoms with van der Waals surface area (Å²) in [5, 5.41) is 3.59. The van der Waals surface area contributed by atoms with Crippen LogP contribution < -0.4 is 5.32 Å². The molecule has 2 aromatic rings. The number of benzene rings is 2. The van der Waals surface area contributed by atoms with E-state index in [1.807, 2.05) is 25.1 Å². The molecule has 9 heteroatoms. The van der Waals surface area contributed by atoms with Crippen molar-refractivity contribution in [3.63, 3.8) is 0 Å². The number of rotatable bonds is 6. The summed E-state index contributed by atoms with van der Waals surface area (Å²) in [6, 6.07) is 12.2. The summed E-state index contributed by atoms with van der Waals surface area (Å²) < 4.78 is 5.37. The number of ether oxygens (including phenoxy) is 1. The lowest BCUT2D eigenvalue weighted by atomic mass is 10.1. The number of carbonyl (C=O) groups excluding carboxylic acids is 2. The molecule has 0 bridgehead atoms. The van der Waals surface area contributed by atoms with Gasteiger partial charge in [0.1, 0.15) is 11.4 Å². The second kappa shape index (κ2) is 11.1. The zero-order chi connectivity index (χ0) is 23.4. The molecule has 2 saturated heterocycles. The molecule has 4 rings (SSSR count). The maximum atomic E-state index is 13.6. The van der Waals surface area contributed by atoms with Crippen LogP contribution in [0.25, 0.3) is 0 Å². The molecule has 2 aliphatic heterocycles. The van der Waals surface area contributed by atoms with E-state index in [1.165, 1.54) is 0 Å². The molecule has 2 amide bonds. The number of aryl methyl sites for hydroxylation is 1. The topological polar surface area (TPSA) is 61.9 Å². The summed E-state index contributed by atoms with van der Waals surface area (Å²) in [6.07, 6.45) is 0. The van der Waals surface area contributed by atoms with Crippen molar-refractivity contribution < 1.29 is 14.3 Å². The average molecular weight is 508 g/mol. The van der Waals surface area contributed by atoms with Crippen LogP contribution in [-0.4, -0.2) is 72.8 Å². The zero-order valence-electron chi connectivity index (χ0n) is 18.4. The van der Waals surface area contributed by atoms with Crippen molar-refractivity contribution in [1.82, 2.24) is 15.1 Å². The Bertz CT molecular complexity index is 999. The summed E-state index contributed by atoms with van der Waals surface area (Å²) in [7, 11) is 0. The Morgan fingerprint density at radius 2 is 1.82 bits per heavy atom. The van der Waals surface area contributed by atoms with Crippen molar-refractivity contribution in [1.29, 1.82) is 0 Å². The van der Waals surface area contributed by atoms with Gasteiger partial charge in [0.2, 0.25) is 5.91 Å². The molecule has 33 heavy (non-hydrogen) atoms. The lowest BCUT2D eigenvalue weighted by Gasteiger charge is -2.30. The SMILES string of the molecule is Cc1ccc(C(=O)N2C(C(=O)NCCN3CCOCC3)CSC2c2ccc(Cl)c(Cl)c2)cc1. The van der Waals surface area contributed by atoms with Gasteiger partial charge < -0.3 is 15.0 Å². The number of amides is 2. The Kier molecular flexibility index (Phi) is 8.20. The van der Waals surface area contributed by atoms with Crippen LogP contribution in [0, 0.1) is 6.92 Å². The fourth-order valence-electron chi connectivity index (χ4n) is 4.00. The molecule has 176 valence electrons. The third kappa shape index (κ3) is 5.84. The predicted molar refractivity (Wildman–Crippen MR) is 133 cm³/mol. The van der Waals surface area contributed by atoms with Gasteiger partial charge in [-0.25, -0.2) is 0 Å². The summed E-state index contributed by atoms with van der Waals surface area (Å²) >= 11 is 13.9. The predicted octanol–water partition coefficient (Wildman–Crippen LogP) is 4.01. The molecule has 0 radical (unpaired) electrons. The minimum atomic E-state index is -0.576. The third-order valence-electron chi connectivity index (χ3n) is 5.90. The van der Waals surface area contributed by atoms with Crippen molar-refractivity contribution in [2.75, 3.05) is 45.1 Å². The highest BCUT2D eigenvalue weighted by Crippen LogP contribution is 2.43. The van der Waals surface area contributed by atoms with Gasteiger partial charge in [-0.15, -0.1) is 11.8 Å². The second-order valence-corrected chi connectivity index (χ2v) is 10.1. The lowest BCUT2D eigenvalue weighted by molar-refractivity contribution is -0.124. The Morgan fingerprint density at radius 1 is 1.09 bits per heavy atom. The van der Waals surface area contributed by atoms with Gasteiger partial charge in [0.05, 0.1) is 23.3 Å². The van der Waals surface area contributed by atoms with Crippen LogP contribution in [0.1, 0.15) is 26.9 Å². The van der Waals surface area contributed by atoms with Gasteiger partial charge in [0.25, 0.3) is 5.91 Å². The number of carbonyl (C=O) groups is 2. The minimum absolute atomic E-state index is 0.140. The molecule has 2 aromatic carbocycles. The van der Waals surface area contributed by atoms with Crippen LogP contribution in [0.2, 0.25) is 10.0 Å². The first kappa shape index (κ1) is 24.4.